The zero-order valence-electron chi connectivity index (χ0n) is 8.46. The molecule has 0 saturated heterocycles. The van der Waals surface area contributed by atoms with Crippen LogP contribution in [0.15, 0.2) is 12.7 Å². The summed E-state index contributed by atoms with van der Waals surface area (Å²) in [5.41, 5.74) is 0. The number of carbonyl (C=O) groups excluding carboxylic acids is 1. The van der Waals surface area contributed by atoms with Crippen molar-refractivity contribution in [1.29, 1.82) is 0 Å². The number of nitrogens with zero attached hydrogens (tertiary/aromatic N) is 1. The lowest BCUT2D eigenvalue weighted by molar-refractivity contribution is -0.134. The number of methoxy groups -OCH3 is 1. The van der Waals surface area contributed by atoms with Crippen molar-refractivity contribution in [2.45, 2.75) is 13.8 Å². The Morgan fingerprint density at radius 2 is 1.92 bits per heavy atom. The zero-order valence-corrected chi connectivity index (χ0v) is 8.46. The van der Waals surface area contributed by atoms with Crippen molar-refractivity contribution < 1.29 is 9.53 Å². The first-order valence-electron chi connectivity index (χ1n) is 4.01. The molecule has 0 aliphatic rings. The molecular weight excluding hydrogens is 154 g/mol. The molecule has 0 N–H and O–H groups in total. The molecule has 0 aliphatic carbocycles. The van der Waals surface area contributed by atoms with Gasteiger partial charge in [-0.05, 0) is 20.1 Å². The van der Waals surface area contributed by atoms with Crippen molar-refractivity contribution in [3.8, 4) is 0 Å². The normalized spacial score (nSPS) is 8.42. The molecule has 0 radical (unpaired) electrons. The molecule has 0 unspecified atom stereocenters. The predicted octanol–water partition coefficient (Wildman–Crippen LogP) is 1.30. The second-order valence-electron chi connectivity index (χ2n) is 2.22. The van der Waals surface area contributed by atoms with Crippen molar-refractivity contribution in [3.05, 3.63) is 12.7 Å². The molecular formula is C9H19NO2. The first-order chi connectivity index (χ1) is 5.62. The maximum absolute atomic E-state index is 9.84. The van der Waals surface area contributed by atoms with Crippen LogP contribution in [0, 0.1) is 0 Å². The minimum absolute atomic E-state index is 0.394. The van der Waals surface area contributed by atoms with E-state index in [2.05, 4.69) is 37.1 Å². The minimum atomic E-state index is -0.394. The molecule has 3 nitrogen and oxygen atoms in total. The van der Waals surface area contributed by atoms with Gasteiger partial charge < -0.3 is 9.64 Å². The maximum atomic E-state index is 9.84. The van der Waals surface area contributed by atoms with E-state index in [1.54, 1.807) is 0 Å². The first-order valence-corrected chi connectivity index (χ1v) is 4.01. The summed E-state index contributed by atoms with van der Waals surface area (Å²) in [5.74, 6) is -0.394. The molecule has 0 heterocycles. The second-order valence-corrected chi connectivity index (χ2v) is 2.22. The summed E-state index contributed by atoms with van der Waals surface area (Å²) in [6, 6.07) is 0. The smallest absolute Gasteiger partial charge is 0.329 e. The van der Waals surface area contributed by atoms with Crippen LogP contribution >= 0.6 is 0 Å². The van der Waals surface area contributed by atoms with Crippen molar-refractivity contribution in [2.75, 3.05) is 27.2 Å². The molecule has 0 spiro atoms. The summed E-state index contributed by atoms with van der Waals surface area (Å²) >= 11 is 0. The molecule has 72 valence electrons. The predicted molar refractivity (Wildman–Crippen MR) is 51.1 cm³/mol. The number of hydrogen-bond donors (Lipinski definition) is 0. The Morgan fingerprint density at radius 3 is 1.92 bits per heavy atom. The highest BCUT2D eigenvalue weighted by molar-refractivity contribution is 5.80. The summed E-state index contributed by atoms with van der Waals surface area (Å²) in [5, 5.41) is 0. The lowest BCUT2D eigenvalue weighted by Gasteiger charge is -2.07. The van der Waals surface area contributed by atoms with E-state index in [4.69, 9.17) is 0 Å². The average Bonchev–Trinajstić information content (AvgIpc) is 2.16. The van der Waals surface area contributed by atoms with Gasteiger partial charge in [0.2, 0.25) is 0 Å². The third-order valence-electron chi connectivity index (χ3n) is 1.45. The van der Waals surface area contributed by atoms with Crippen molar-refractivity contribution >= 4 is 5.97 Å². The van der Waals surface area contributed by atoms with Gasteiger partial charge >= 0.3 is 5.97 Å². The molecule has 0 rings (SSSR count). The van der Waals surface area contributed by atoms with E-state index < -0.39 is 5.97 Å². The van der Waals surface area contributed by atoms with Gasteiger partial charge in [-0.2, -0.15) is 0 Å². The van der Waals surface area contributed by atoms with E-state index in [0.717, 1.165) is 19.2 Å². The van der Waals surface area contributed by atoms with Gasteiger partial charge in [0, 0.05) is 6.08 Å². The SMILES string of the molecule is C=CC(=O)OC.CCN(C)CC. The highest BCUT2D eigenvalue weighted by Gasteiger charge is 1.82. The molecule has 12 heavy (non-hydrogen) atoms. The van der Waals surface area contributed by atoms with Crippen LogP contribution in [0.3, 0.4) is 0 Å². The van der Waals surface area contributed by atoms with Gasteiger partial charge in [0.15, 0.2) is 0 Å². The van der Waals surface area contributed by atoms with E-state index in [1.165, 1.54) is 7.11 Å². The highest BCUT2D eigenvalue weighted by atomic mass is 16.5. The number of carbonyl (C=O) groups is 1. The Kier molecular flexibility index (Phi) is 11.6. The quantitative estimate of drug-likeness (QED) is 0.476. The van der Waals surface area contributed by atoms with Gasteiger partial charge in [-0.15, -0.1) is 0 Å². The standard InChI is InChI=1S/C5H13N.C4H6O2/c1-4-6(3)5-2;1-3-4(5)6-2/h4-5H2,1-3H3;3H,1H2,2H3. The molecule has 0 bridgehead atoms. The van der Waals surface area contributed by atoms with Crippen molar-refractivity contribution in [3.63, 3.8) is 0 Å². The Hall–Kier alpha value is -0.830. The number of esters is 1. The summed E-state index contributed by atoms with van der Waals surface area (Å²) in [6.45, 7) is 9.80. The van der Waals surface area contributed by atoms with Crippen LogP contribution in [0.5, 0.6) is 0 Å². The van der Waals surface area contributed by atoms with Gasteiger partial charge in [-0.25, -0.2) is 4.79 Å². The first kappa shape index (κ1) is 13.7. The van der Waals surface area contributed by atoms with Crippen LogP contribution in [0.25, 0.3) is 0 Å². The lowest BCUT2D eigenvalue weighted by Crippen LogP contribution is -2.15. The summed E-state index contributed by atoms with van der Waals surface area (Å²) in [6.07, 6.45) is 1.11. The summed E-state index contributed by atoms with van der Waals surface area (Å²) in [7, 11) is 3.42. The van der Waals surface area contributed by atoms with Crippen LogP contribution in [0.2, 0.25) is 0 Å². The van der Waals surface area contributed by atoms with E-state index in [-0.39, 0.29) is 0 Å². The van der Waals surface area contributed by atoms with Crippen molar-refractivity contribution in [2.24, 2.45) is 0 Å². The van der Waals surface area contributed by atoms with E-state index in [1.807, 2.05) is 0 Å². The molecule has 0 amide bonds. The molecule has 0 fully saturated rings. The minimum Gasteiger partial charge on any atom is -0.466 e. The lowest BCUT2D eigenvalue weighted by atomic mass is 10.6. The van der Waals surface area contributed by atoms with Crippen LogP contribution in [0.1, 0.15) is 13.8 Å². The fourth-order valence-corrected chi connectivity index (χ4v) is 0.307. The zero-order chi connectivity index (χ0) is 9.98. The van der Waals surface area contributed by atoms with Crippen LogP contribution in [-0.2, 0) is 9.53 Å². The van der Waals surface area contributed by atoms with E-state index >= 15 is 0 Å². The van der Waals surface area contributed by atoms with Gasteiger partial charge in [-0.3, -0.25) is 0 Å². The molecule has 0 saturated carbocycles. The number of ether oxygens (including phenoxy) is 1. The average molecular weight is 173 g/mol. The van der Waals surface area contributed by atoms with Gasteiger partial charge in [0.25, 0.3) is 0 Å². The van der Waals surface area contributed by atoms with Crippen LogP contribution in [-0.4, -0.2) is 38.1 Å². The van der Waals surface area contributed by atoms with Gasteiger partial charge in [-0.1, -0.05) is 20.4 Å². The molecule has 0 atom stereocenters. The summed E-state index contributed by atoms with van der Waals surface area (Å²) < 4.78 is 4.14. The molecule has 0 aliphatic heterocycles. The van der Waals surface area contributed by atoms with Crippen LogP contribution < -0.4 is 0 Å². The van der Waals surface area contributed by atoms with E-state index in [9.17, 15) is 4.79 Å². The van der Waals surface area contributed by atoms with Crippen LogP contribution in [0.4, 0.5) is 0 Å². The Bertz CT molecular complexity index is 120. The maximum Gasteiger partial charge on any atom is 0.329 e. The Labute approximate surface area is 75.0 Å². The van der Waals surface area contributed by atoms with Crippen molar-refractivity contribution in [1.82, 2.24) is 4.90 Å². The largest absolute Gasteiger partial charge is 0.466 e. The highest BCUT2D eigenvalue weighted by Crippen LogP contribution is 1.73. The molecule has 3 heteroatoms. The van der Waals surface area contributed by atoms with Gasteiger partial charge in [0.05, 0.1) is 7.11 Å². The molecule has 0 aromatic rings. The topological polar surface area (TPSA) is 29.5 Å². The number of hydrogen-bond acceptors (Lipinski definition) is 3. The Balaban J connectivity index is 0. The third kappa shape index (κ3) is 11.9. The fourth-order valence-electron chi connectivity index (χ4n) is 0.307. The second kappa shape index (κ2) is 10.2. The Morgan fingerprint density at radius 1 is 1.50 bits per heavy atom. The summed E-state index contributed by atoms with van der Waals surface area (Å²) in [4.78, 5) is 12.1. The third-order valence-corrected chi connectivity index (χ3v) is 1.45. The van der Waals surface area contributed by atoms with E-state index in [0.29, 0.717) is 0 Å². The molecule has 0 aromatic heterocycles. The monoisotopic (exact) mass is 173 g/mol. The fraction of sp³-hybridized carbons (Fsp3) is 0.667. The molecule has 0 aromatic carbocycles. The van der Waals surface area contributed by atoms with Gasteiger partial charge in [0.1, 0.15) is 0 Å². The number of rotatable bonds is 3.